The Morgan fingerprint density at radius 2 is 2.00 bits per heavy atom. The predicted octanol–water partition coefficient (Wildman–Crippen LogP) is 2.20. The Morgan fingerprint density at radius 3 is 2.79 bits per heavy atom. The molecule has 2 aromatic carbocycles. The Kier molecular flexibility index (Phi) is 5.12. The maximum Gasteiger partial charge on any atom is 0.338 e. The molecule has 148 valence electrons. The lowest BCUT2D eigenvalue weighted by Gasteiger charge is -2.14. The predicted molar refractivity (Wildman–Crippen MR) is 107 cm³/mol. The highest BCUT2D eigenvalue weighted by Gasteiger charge is 2.21. The van der Waals surface area contributed by atoms with Crippen molar-refractivity contribution in [2.45, 2.75) is 39.0 Å². The molecule has 29 heavy (non-hydrogen) atoms. The van der Waals surface area contributed by atoms with Crippen molar-refractivity contribution < 1.29 is 14.3 Å². The molecule has 1 aliphatic heterocycles. The molecular weight excluding hydrogens is 370 g/mol. The maximum absolute atomic E-state index is 12.5. The van der Waals surface area contributed by atoms with Crippen molar-refractivity contribution >= 4 is 22.8 Å². The lowest BCUT2D eigenvalue weighted by Crippen LogP contribution is -2.35. The Balaban J connectivity index is 1.45. The maximum atomic E-state index is 12.5. The number of ether oxygens (including phenoxy) is 1. The Labute approximate surface area is 167 Å². The molecule has 0 radical (unpaired) electrons. The van der Waals surface area contributed by atoms with Gasteiger partial charge in [0.25, 0.3) is 11.5 Å². The van der Waals surface area contributed by atoms with Gasteiger partial charge in [0.05, 0.1) is 16.5 Å². The van der Waals surface area contributed by atoms with Crippen LogP contribution in [0.5, 0.6) is 0 Å². The van der Waals surface area contributed by atoms with E-state index < -0.39 is 12.1 Å². The normalized spacial score (nSPS) is 13.7. The fraction of sp³-hybridized carbons (Fsp3) is 0.273. The number of nitrogens with one attached hydrogen (secondary N) is 1. The standard InChI is InChI=1S/C22H21N3O4/c1-14(20(26)23-13-15-6-3-2-4-7-15)29-22(28)16-9-10-17-18(12-16)24-19-8-5-11-25(19)21(17)27/h2-4,6-7,9-10,12,14H,5,8,11,13H2,1H3,(H,23,26)/t14-/m1/s1. The number of rotatable bonds is 5. The molecule has 4 rings (SSSR count). The molecule has 7 heteroatoms. The highest BCUT2D eigenvalue weighted by Crippen LogP contribution is 2.17. The van der Waals surface area contributed by atoms with Crippen LogP contribution in [0.4, 0.5) is 0 Å². The monoisotopic (exact) mass is 391 g/mol. The largest absolute Gasteiger partial charge is 0.449 e. The van der Waals surface area contributed by atoms with Crippen LogP contribution in [0, 0.1) is 0 Å². The number of benzene rings is 2. The molecule has 3 aromatic rings. The Bertz CT molecular complexity index is 1140. The van der Waals surface area contributed by atoms with Gasteiger partial charge >= 0.3 is 5.97 Å². The molecule has 0 fully saturated rings. The molecule has 7 nitrogen and oxygen atoms in total. The second kappa shape index (κ2) is 7.87. The summed E-state index contributed by atoms with van der Waals surface area (Å²) in [6.07, 6.45) is 0.696. The Hall–Kier alpha value is -3.48. The van der Waals surface area contributed by atoms with Crippen LogP contribution in [-0.2, 0) is 29.0 Å². The van der Waals surface area contributed by atoms with Crippen LogP contribution in [0.15, 0.2) is 53.3 Å². The number of aryl methyl sites for hydroxylation is 1. The van der Waals surface area contributed by atoms with Crippen LogP contribution in [0.3, 0.4) is 0 Å². The minimum absolute atomic E-state index is 0.0870. The van der Waals surface area contributed by atoms with E-state index in [9.17, 15) is 14.4 Å². The average Bonchev–Trinajstić information content (AvgIpc) is 3.21. The molecule has 1 atom stereocenters. The quantitative estimate of drug-likeness (QED) is 0.674. The summed E-state index contributed by atoms with van der Waals surface area (Å²) in [4.78, 5) is 41.7. The smallest absolute Gasteiger partial charge is 0.338 e. The number of carbonyl (C=O) groups is 2. The highest BCUT2D eigenvalue weighted by molar-refractivity contribution is 5.95. The van der Waals surface area contributed by atoms with E-state index >= 15 is 0 Å². The third kappa shape index (κ3) is 3.89. The van der Waals surface area contributed by atoms with Gasteiger partial charge in [0.1, 0.15) is 5.82 Å². The topological polar surface area (TPSA) is 90.3 Å². The summed E-state index contributed by atoms with van der Waals surface area (Å²) in [5, 5.41) is 3.22. The zero-order chi connectivity index (χ0) is 20.4. The zero-order valence-electron chi connectivity index (χ0n) is 16.1. The molecule has 0 bridgehead atoms. The summed E-state index contributed by atoms with van der Waals surface area (Å²) in [5.41, 5.74) is 1.60. The van der Waals surface area contributed by atoms with Gasteiger partial charge < -0.3 is 10.1 Å². The van der Waals surface area contributed by atoms with E-state index in [4.69, 9.17) is 4.74 Å². The Morgan fingerprint density at radius 1 is 1.21 bits per heavy atom. The minimum atomic E-state index is -0.944. The number of amides is 1. The molecular formula is C22H21N3O4. The molecule has 1 N–H and O–H groups in total. The van der Waals surface area contributed by atoms with Crippen molar-refractivity contribution in [2.24, 2.45) is 0 Å². The molecule has 2 heterocycles. The molecule has 0 aliphatic carbocycles. The lowest BCUT2D eigenvalue weighted by atomic mass is 10.1. The van der Waals surface area contributed by atoms with E-state index in [0.29, 0.717) is 24.0 Å². The second-order valence-electron chi connectivity index (χ2n) is 7.07. The van der Waals surface area contributed by atoms with Gasteiger partial charge in [-0.15, -0.1) is 0 Å². The first-order valence-corrected chi connectivity index (χ1v) is 9.59. The molecule has 0 spiro atoms. The van der Waals surface area contributed by atoms with Gasteiger partial charge in [-0.3, -0.25) is 14.2 Å². The third-order valence-electron chi connectivity index (χ3n) is 5.01. The summed E-state index contributed by atoms with van der Waals surface area (Å²) in [7, 11) is 0. The molecule has 1 aliphatic rings. The molecule has 1 aromatic heterocycles. The van der Waals surface area contributed by atoms with Crippen molar-refractivity contribution in [2.75, 3.05) is 0 Å². The average molecular weight is 391 g/mol. The molecule has 0 unspecified atom stereocenters. The number of hydrogen-bond acceptors (Lipinski definition) is 5. The van der Waals surface area contributed by atoms with Gasteiger partial charge in [0.15, 0.2) is 6.10 Å². The van der Waals surface area contributed by atoms with Gasteiger partial charge in [0, 0.05) is 19.5 Å². The van der Waals surface area contributed by atoms with Crippen molar-refractivity contribution in [1.29, 1.82) is 0 Å². The summed E-state index contributed by atoms with van der Waals surface area (Å²) >= 11 is 0. The summed E-state index contributed by atoms with van der Waals surface area (Å²) < 4.78 is 6.98. The number of nitrogens with zero attached hydrogens (tertiary/aromatic N) is 2. The van der Waals surface area contributed by atoms with Crippen molar-refractivity contribution in [1.82, 2.24) is 14.9 Å². The lowest BCUT2D eigenvalue weighted by molar-refractivity contribution is -0.129. The first-order valence-electron chi connectivity index (χ1n) is 9.59. The summed E-state index contributed by atoms with van der Waals surface area (Å²) in [5.74, 6) is -0.268. The SMILES string of the molecule is C[C@@H](OC(=O)c1ccc2c(=O)n3c(nc2c1)CCC3)C(=O)NCc1ccccc1. The van der Waals surface area contributed by atoms with Crippen LogP contribution in [-0.4, -0.2) is 27.5 Å². The van der Waals surface area contributed by atoms with E-state index in [2.05, 4.69) is 10.3 Å². The van der Waals surface area contributed by atoms with Crippen LogP contribution < -0.4 is 10.9 Å². The van der Waals surface area contributed by atoms with Gasteiger partial charge in [-0.05, 0) is 37.1 Å². The molecule has 0 saturated heterocycles. The fourth-order valence-corrected chi connectivity index (χ4v) is 3.42. The van der Waals surface area contributed by atoms with E-state index in [0.717, 1.165) is 24.2 Å². The first kappa shape index (κ1) is 18.9. The third-order valence-corrected chi connectivity index (χ3v) is 5.01. The van der Waals surface area contributed by atoms with Crippen molar-refractivity contribution in [3.05, 3.63) is 75.8 Å². The van der Waals surface area contributed by atoms with Crippen LogP contribution in [0.25, 0.3) is 10.9 Å². The van der Waals surface area contributed by atoms with E-state index in [1.807, 2.05) is 30.3 Å². The van der Waals surface area contributed by atoms with Crippen LogP contribution >= 0.6 is 0 Å². The number of carbonyl (C=O) groups excluding carboxylic acids is 2. The van der Waals surface area contributed by atoms with E-state index in [1.54, 1.807) is 16.7 Å². The van der Waals surface area contributed by atoms with Gasteiger partial charge in [-0.25, -0.2) is 9.78 Å². The fourth-order valence-electron chi connectivity index (χ4n) is 3.42. The van der Waals surface area contributed by atoms with Crippen molar-refractivity contribution in [3.63, 3.8) is 0 Å². The highest BCUT2D eigenvalue weighted by atomic mass is 16.5. The van der Waals surface area contributed by atoms with Gasteiger partial charge in [-0.1, -0.05) is 30.3 Å². The number of hydrogen-bond donors (Lipinski definition) is 1. The van der Waals surface area contributed by atoms with Gasteiger partial charge in [0.2, 0.25) is 0 Å². The van der Waals surface area contributed by atoms with Gasteiger partial charge in [-0.2, -0.15) is 0 Å². The molecule has 0 saturated carbocycles. The zero-order valence-corrected chi connectivity index (χ0v) is 16.1. The summed E-state index contributed by atoms with van der Waals surface area (Å²) in [6.45, 7) is 2.56. The van der Waals surface area contributed by atoms with Crippen molar-refractivity contribution in [3.8, 4) is 0 Å². The summed E-state index contributed by atoms with van der Waals surface area (Å²) in [6, 6.07) is 14.2. The molecule has 1 amide bonds. The minimum Gasteiger partial charge on any atom is -0.449 e. The number of fused-ring (bicyclic) bond motifs is 2. The van der Waals surface area contributed by atoms with E-state index in [1.165, 1.54) is 13.0 Å². The van der Waals surface area contributed by atoms with Crippen LogP contribution in [0.1, 0.15) is 35.1 Å². The number of esters is 1. The first-order chi connectivity index (χ1) is 14.0. The van der Waals surface area contributed by atoms with Crippen LogP contribution in [0.2, 0.25) is 0 Å². The van der Waals surface area contributed by atoms with E-state index in [-0.39, 0.29) is 17.0 Å². The second-order valence-corrected chi connectivity index (χ2v) is 7.07. The number of aromatic nitrogens is 2.